The zero-order chi connectivity index (χ0) is 19.2. The molecule has 0 radical (unpaired) electrons. The van der Waals surface area contributed by atoms with Gasteiger partial charge in [0.2, 0.25) is 0 Å². The molecule has 1 aromatic carbocycles. The average Bonchev–Trinajstić information content (AvgIpc) is 3.06. The second-order valence-corrected chi connectivity index (χ2v) is 7.47. The lowest BCUT2D eigenvalue weighted by Crippen LogP contribution is -2.30. The molecular formula is C19H19BrN4O2S. The van der Waals surface area contributed by atoms with E-state index in [9.17, 15) is 9.59 Å². The third kappa shape index (κ3) is 4.70. The summed E-state index contributed by atoms with van der Waals surface area (Å²) < 4.78 is 2.76. The van der Waals surface area contributed by atoms with Crippen molar-refractivity contribution in [2.75, 3.05) is 19.3 Å². The van der Waals surface area contributed by atoms with Crippen LogP contribution in [0.25, 0.3) is 5.52 Å². The van der Waals surface area contributed by atoms with E-state index >= 15 is 0 Å². The second kappa shape index (κ2) is 9.05. The summed E-state index contributed by atoms with van der Waals surface area (Å²) >= 11 is 4.84. The summed E-state index contributed by atoms with van der Waals surface area (Å²) in [5, 5.41) is 6.49. The number of aromatic nitrogens is 2. The number of imidazole rings is 1. The number of carbonyl (C=O) groups is 2. The van der Waals surface area contributed by atoms with Crippen LogP contribution >= 0.6 is 27.7 Å². The van der Waals surface area contributed by atoms with E-state index in [0.717, 1.165) is 15.1 Å². The topological polar surface area (TPSA) is 75.5 Å². The van der Waals surface area contributed by atoms with Crippen molar-refractivity contribution in [3.8, 4) is 0 Å². The first-order chi connectivity index (χ1) is 13.1. The van der Waals surface area contributed by atoms with Gasteiger partial charge in [-0.1, -0.05) is 39.8 Å². The van der Waals surface area contributed by atoms with Crippen LogP contribution in [0.1, 0.15) is 27.3 Å². The number of benzene rings is 1. The Morgan fingerprint density at radius 3 is 2.63 bits per heavy atom. The van der Waals surface area contributed by atoms with Crippen molar-refractivity contribution in [3.05, 3.63) is 64.4 Å². The smallest absolute Gasteiger partial charge is 0.272 e. The molecule has 3 rings (SSSR count). The minimum atomic E-state index is -0.211. The minimum Gasteiger partial charge on any atom is -0.352 e. The molecule has 0 unspecified atom stereocenters. The summed E-state index contributed by atoms with van der Waals surface area (Å²) in [6.07, 6.45) is 4.45. The van der Waals surface area contributed by atoms with E-state index in [4.69, 9.17) is 0 Å². The normalized spacial score (nSPS) is 10.7. The molecular weight excluding hydrogens is 428 g/mol. The van der Waals surface area contributed by atoms with E-state index in [1.54, 1.807) is 12.1 Å². The summed E-state index contributed by atoms with van der Waals surface area (Å²) in [4.78, 5) is 28.9. The zero-order valence-electron chi connectivity index (χ0n) is 14.7. The number of amides is 2. The van der Waals surface area contributed by atoms with Crippen molar-refractivity contribution in [1.29, 1.82) is 0 Å². The number of hydrogen-bond donors (Lipinski definition) is 2. The number of rotatable bonds is 7. The Balaban J connectivity index is 1.50. The van der Waals surface area contributed by atoms with Gasteiger partial charge in [0.15, 0.2) is 10.9 Å². The first-order valence-corrected chi connectivity index (χ1v) is 10.4. The van der Waals surface area contributed by atoms with Gasteiger partial charge in [0.25, 0.3) is 11.8 Å². The van der Waals surface area contributed by atoms with Crippen LogP contribution in [-0.4, -0.2) is 40.5 Å². The number of thioether (sulfide) groups is 1. The lowest BCUT2D eigenvalue weighted by molar-refractivity contribution is 0.0949. The fourth-order valence-corrected chi connectivity index (χ4v) is 3.57. The number of fused-ring (bicyclic) bond motifs is 1. The van der Waals surface area contributed by atoms with Gasteiger partial charge in [-0.05, 0) is 43.0 Å². The summed E-state index contributed by atoms with van der Waals surface area (Å²) in [6.45, 7) is 0.934. The molecule has 0 aliphatic heterocycles. The Morgan fingerprint density at radius 2 is 1.89 bits per heavy atom. The summed E-state index contributed by atoms with van der Waals surface area (Å²) in [6, 6.07) is 12.9. The Hall–Kier alpha value is -2.32. The number of hydrogen-bond acceptors (Lipinski definition) is 4. The molecule has 0 aliphatic carbocycles. The molecule has 6 nitrogen and oxygen atoms in total. The molecule has 3 aromatic rings. The fourth-order valence-electron chi connectivity index (χ4n) is 2.63. The molecule has 0 fully saturated rings. The van der Waals surface area contributed by atoms with E-state index in [1.165, 1.54) is 11.8 Å². The van der Waals surface area contributed by atoms with Gasteiger partial charge in [-0.3, -0.25) is 14.0 Å². The molecule has 2 heterocycles. The van der Waals surface area contributed by atoms with Gasteiger partial charge in [0, 0.05) is 29.3 Å². The standard InChI is InChI=1S/C19H19BrN4O2S/c1-27-19-23-16(15-8-2-3-11-24(15)19)18(26)22-10-5-9-21-17(25)13-6-4-7-14(20)12-13/h2-4,6-8,11-12H,5,9-10H2,1H3,(H,21,25)(H,22,26). The molecule has 0 saturated carbocycles. The van der Waals surface area contributed by atoms with Gasteiger partial charge in [-0.2, -0.15) is 0 Å². The first-order valence-electron chi connectivity index (χ1n) is 8.43. The second-order valence-electron chi connectivity index (χ2n) is 5.78. The van der Waals surface area contributed by atoms with E-state index in [0.29, 0.717) is 30.8 Å². The molecule has 2 aromatic heterocycles. The van der Waals surface area contributed by atoms with Crippen LogP contribution in [0.4, 0.5) is 0 Å². The Bertz CT molecular complexity index is 973. The van der Waals surface area contributed by atoms with Crippen molar-refractivity contribution < 1.29 is 9.59 Å². The molecule has 0 spiro atoms. The van der Waals surface area contributed by atoms with Crippen LogP contribution < -0.4 is 10.6 Å². The van der Waals surface area contributed by atoms with Gasteiger partial charge < -0.3 is 10.6 Å². The highest BCUT2D eigenvalue weighted by Crippen LogP contribution is 2.19. The van der Waals surface area contributed by atoms with Crippen molar-refractivity contribution in [2.45, 2.75) is 11.6 Å². The summed E-state index contributed by atoms with van der Waals surface area (Å²) in [5.41, 5.74) is 1.79. The quantitative estimate of drug-likeness (QED) is 0.430. The van der Waals surface area contributed by atoms with Crippen LogP contribution in [0.5, 0.6) is 0 Å². The Labute approximate surface area is 169 Å². The highest BCUT2D eigenvalue weighted by atomic mass is 79.9. The number of nitrogens with one attached hydrogen (secondary N) is 2. The minimum absolute atomic E-state index is 0.132. The van der Waals surface area contributed by atoms with Gasteiger partial charge in [-0.15, -0.1) is 0 Å². The van der Waals surface area contributed by atoms with Crippen molar-refractivity contribution >= 4 is 45.0 Å². The lowest BCUT2D eigenvalue weighted by Gasteiger charge is -2.06. The van der Waals surface area contributed by atoms with E-state index in [2.05, 4.69) is 31.5 Å². The Morgan fingerprint density at radius 1 is 1.11 bits per heavy atom. The molecule has 0 atom stereocenters. The lowest BCUT2D eigenvalue weighted by atomic mass is 10.2. The molecule has 0 saturated heterocycles. The Kier molecular flexibility index (Phi) is 6.52. The third-order valence-corrected chi connectivity index (χ3v) is 5.07. The van der Waals surface area contributed by atoms with E-state index < -0.39 is 0 Å². The van der Waals surface area contributed by atoms with Crippen molar-refractivity contribution in [1.82, 2.24) is 20.0 Å². The SMILES string of the molecule is CSc1nc(C(=O)NCCCNC(=O)c2cccc(Br)c2)c2ccccn12. The maximum Gasteiger partial charge on any atom is 0.272 e. The third-order valence-electron chi connectivity index (χ3n) is 3.93. The maximum absolute atomic E-state index is 12.5. The maximum atomic E-state index is 12.5. The van der Waals surface area contributed by atoms with Crippen LogP contribution in [0, 0.1) is 0 Å². The van der Waals surface area contributed by atoms with E-state index in [1.807, 2.05) is 47.2 Å². The van der Waals surface area contributed by atoms with Gasteiger partial charge in [0.05, 0.1) is 5.52 Å². The average molecular weight is 447 g/mol. The van der Waals surface area contributed by atoms with Crippen molar-refractivity contribution in [2.24, 2.45) is 0 Å². The molecule has 0 aliphatic rings. The molecule has 0 bridgehead atoms. The molecule has 140 valence electrons. The molecule has 8 heteroatoms. The predicted octanol–water partition coefficient (Wildman–Crippen LogP) is 3.37. The summed E-state index contributed by atoms with van der Waals surface area (Å²) in [5.74, 6) is -0.343. The van der Waals surface area contributed by atoms with Crippen LogP contribution in [-0.2, 0) is 0 Å². The monoisotopic (exact) mass is 446 g/mol. The van der Waals surface area contributed by atoms with Gasteiger partial charge in [-0.25, -0.2) is 4.98 Å². The van der Waals surface area contributed by atoms with Crippen molar-refractivity contribution in [3.63, 3.8) is 0 Å². The number of halogens is 1. The van der Waals surface area contributed by atoms with Crippen LogP contribution in [0.3, 0.4) is 0 Å². The number of nitrogens with zero attached hydrogens (tertiary/aromatic N) is 2. The molecule has 27 heavy (non-hydrogen) atoms. The first kappa shape index (κ1) is 19.4. The largest absolute Gasteiger partial charge is 0.352 e. The van der Waals surface area contributed by atoms with Gasteiger partial charge in [0.1, 0.15) is 0 Å². The molecule has 2 amide bonds. The number of pyridine rings is 1. The number of carbonyl (C=O) groups excluding carboxylic acids is 2. The molecule has 2 N–H and O–H groups in total. The van der Waals surface area contributed by atoms with Crippen LogP contribution in [0.2, 0.25) is 0 Å². The highest BCUT2D eigenvalue weighted by molar-refractivity contribution is 9.10. The highest BCUT2D eigenvalue weighted by Gasteiger charge is 2.16. The van der Waals surface area contributed by atoms with Gasteiger partial charge >= 0.3 is 0 Å². The zero-order valence-corrected chi connectivity index (χ0v) is 17.1. The fraction of sp³-hybridized carbons (Fsp3) is 0.211. The summed E-state index contributed by atoms with van der Waals surface area (Å²) in [7, 11) is 0. The predicted molar refractivity (Wildman–Crippen MR) is 110 cm³/mol. The van der Waals surface area contributed by atoms with Crippen LogP contribution in [0.15, 0.2) is 58.3 Å². The van der Waals surface area contributed by atoms with E-state index in [-0.39, 0.29) is 11.8 Å².